The van der Waals surface area contributed by atoms with Gasteiger partial charge in [-0.1, -0.05) is 19.9 Å². The van der Waals surface area contributed by atoms with Crippen LogP contribution < -0.4 is 10.1 Å². The number of nitrogens with one attached hydrogen (secondary N) is 1. The minimum atomic E-state index is 0.0135. The lowest BCUT2D eigenvalue weighted by Crippen LogP contribution is -2.39. The molecule has 1 atom stereocenters. The summed E-state index contributed by atoms with van der Waals surface area (Å²) in [6.07, 6.45) is 7.22. The Hall–Kier alpha value is -3.50. The number of benzene rings is 1. The van der Waals surface area contributed by atoms with E-state index < -0.39 is 0 Å². The van der Waals surface area contributed by atoms with E-state index in [0.717, 1.165) is 46.6 Å². The predicted octanol–water partition coefficient (Wildman–Crippen LogP) is 5.53. The minimum absolute atomic E-state index is 0.0135. The smallest absolute Gasteiger partial charge is 0.253 e. The Kier molecular flexibility index (Phi) is 9.67. The van der Waals surface area contributed by atoms with Gasteiger partial charge in [0, 0.05) is 56.7 Å². The Labute approximate surface area is 231 Å². The lowest BCUT2D eigenvalue weighted by molar-refractivity contribution is 0.0511. The average Bonchev–Trinajstić information content (AvgIpc) is 3.37. The maximum absolute atomic E-state index is 13.3. The monoisotopic (exact) mass is 580 g/mol. The van der Waals surface area contributed by atoms with Gasteiger partial charge in [-0.2, -0.15) is 9.61 Å². The molecule has 1 amide bonds. The fraction of sp³-hybridized carbons (Fsp3) is 0.357. The van der Waals surface area contributed by atoms with Crippen LogP contribution in [0.4, 0.5) is 5.82 Å². The van der Waals surface area contributed by atoms with Crippen LogP contribution in [0, 0.1) is 0 Å². The van der Waals surface area contributed by atoms with Crippen LogP contribution in [0.2, 0.25) is 0 Å². The molecular formula is C28H33BrN6O3. The highest BCUT2D eigenvalue weighted by Gasteiger charge is 2.27. The molecule has 4 heterocycles. The molecule has 0 bridgehead atoms. The summed E-state index contributed by atoms with van der Waals surface area (Å²) < 4.78 is 13.0. The van der Waals surface area contributed by atoms with E-state index in [0.29, 0.717) is 24.4 Å². The van der Waals surface area contributed by atoms with Crippen LogP contribution in [0.5, 0.6) is 5.75 Å². The van der Waals surface area contributed by atoms with Gasteiger partial charge in [0.1, 0.15) is 11.6 Å². The fourth-order valence-corrected chi connectivity index (χ4v) is 4.74. The van der Waals surface area contributed by atoms with Crippen molar-refractivity contribution < 1.29 is 14.3 Å². The molecule has 1 fully saturated rings. The van der Waals surface area contributed by atoms with Gasteiger partial charge in [0.2, 0.25) is 0 Å². The summed E-state index contributed by atoms with van der Waals surface area (Å²) in [7, 11) is 1.57. The van der Waals surface area contributed by atoms with Crippen LogP contribution in [0.25, 0.3) is 5.65 Å². The zero-order valence-corrected chi connectivity index (χ0v) is 23.5. The quantitative estimate of drug-likeness (QED) is 0.274. The third kappa shape index (κ3) is 6.49. The molecule has 0 saturated carbocycles. The van der Waals surface area contributed by atoms with Crippen LogP contribution in [0.15, 0.2) is 65.5 Å². The molecule has 0 spiro atoms. The van der Waals surface area contributed by atoms with E-state index in [2.05, 4.69) is 31.3 Å². The van der Waals surface area contributed by atoms with Crippen molar-refractivity contribution in [3.05, 3.63) is 82.3 Å². The van der Waals surface area contributed by atoms with E-state index in [1.54, 1.807) is 48.3 Å². The van der Waals surface area contributed by atoms with Crippen LogP contribution in [-0.2, 0) is 11.3 Å². The van der Waals surface area contributed by atoms with Crippen molar-refractivity contribution in [2.24, 2.45) is 0 Å². The minimum Gasteiger partial charge on any atom is -0.468 e. The second kappa shape index (κ2) is 13.3. The number of piperidine rings is 1. The second-order valence-corrected chi connectivity index (χ2v) is 9.53. The molecule has 200 valence electrons. The van der Waals surface area contributed by atoms with Gasteiger partial charge in [-0.05, 0) is 64.7 Å². The highest BCUT2D eigenvalue weighted by atomic mass is 79.9. The standard InChI is InChI=1S/C26H27BrN6O3.C2H6/c1-35-17-36-21-8-6-19(7-9-21)26(34)32-11-3-5-20(16-32)23-12-24(29-14-18-4-2-10-28-13-18)33-25(31-23)22(27)15-30-33;1-2/h2,4,6-10,12-13,15,20,29H,3,5,11,14,16-17H2,1H3;1-2H3. The normalized spacial score (nSPS) is 15.1. The molecule has 4 aromatic rings. The number of fused-ring (bicyclic) bond motifs is 1. The summed E-state index contributed by atoms with van der Waals surface area (Å²) in [5, 5.41) is 7.95. The Balaban J connectivity index is 0.00000164. The number of nitrogens with zero attached hydrogens (tertiary/aromatic N) is 5. The highest BCUT2D eigenvalue weighted by Crippen LogP contribution is 2.30. The molecule has 9 nitrogen and oxygen atoms in total. The second-order valence-electron chi connectivity index (χ2n) is 8.67. The van der Waals surface area contributed by atoms with Crippen molar-refractivity contribution in [3.8, 4) is 5.75 Å². The number of likely N-dealkylation sites (tertiary alicyclic amines) is 1. The summed E-state index contributed by atoms with van der Waals surface area (Å²) in [5.41, 5.74) is 3.40. The first-order valence-electron chi connectivity index (χ1n) is 12.8. The number of aromatic nitrogens is 4. The third-order valence-electron chi connectivity index (χ3n) is 6.22. The molecule has 1 aromatic carbocycles. The maximum Gasteiger partial charge on any atom is 0.253 e. The van der Waals surface area contributed by atoms with Gasteiger partial charge in [-0.3, -0.25) is 9.78 Å². The first kappa shape index (κ1) is 27.5. The Morgan fingerprint density at radius 2 is 2.00 bits per heavy atom. The number of hydrogen-bond donors (Lipinski definition) is 1. The van der Waals surface area contributed by atoms with E-state index in [4.69, 9.17) is 14.5 Å². The molecule has 0 radical (unpaired) electrons. The highest BCUT2D eigenvalue weighted by molar-refractivity contribution is 9.10. The topological polar surface area (TPSA) is 93.9 Å². The third-order valence-corrected chi connectivity index (χ3v) is 6.78. The Bertz CT molecular complexity index is 1330. The number of pyridine rings is 1. The summed E-state index contributed by atoms with van der Waals surface area (Å²) in [6, 6.07) is 13.2. The Morgan fingerprint density at radius 1 is 1.18 bits per heavy atom. The van der Waals surface area contributed by atoms with Gasteiger partial charge in [0.15, 0.2) is 12.4 Å². The molecule has 1 N–H and O–H groups in total. The number of anilines is 1. The van der Waals surface area contributed by atoms with E-state index in [1.165, 1.54) is 0 Å². The van der Waals surface area contributed by atoms with Gasteiger partial charge in [-0.25, -0.2) is 4.98 Å². The van der Waals surface area contributed by atoms with E-state index in [-0.39, 0.29) is 18.6 Å². The number of carbonyl (C=O) groups excluding carboxylic acids is 1. The van der Waals surface area contributed by atoms with E-state index >= 15 is 0 Å². The summed E-state index contributed by atoms with van der Waals surface area (Å²) >= 11 is 3.58. The van der Waals surface area contributed by atoms with E-state index in [9.17, 15) is 4.79 Å². The van der Waals surface area contributed by atoms with Crippen LogP contribution in [0.1, 0.15) is 54.2 Å². The largest absolute Gasteiger partial charge is 0.468 e. The van der Waals surface area contributed by atoms with Crippen LogP contribution in [0.3, 0.4) is 0 Å². The fourth-order valence-electron chi connectivity index (χ4n) is 4.39. The number of carbonyl (C=O) groups is 1. The van der Waals surface area contributed by atoms with Gasteiger partial charge in [-0.15, -0.1) is 0 Å². The molecule has 1 saturated heterocycles. The first-order chi connectivity index (χ1) is 18.6. The molecule has 1 aliphatic heterocycles. The van der Waals surface area contributed by atoms with Crippen molar-refractivity contribution in [2.45, 2.75) is 39.2 Å². The van der Waals surface area contributed by atoms with Crippen LogP contribution in [-0.4, -0.2) is 57.4 Å². The number of methoxy groups -OCH3 is 1. The molecule has 1 unspecified atom stereocenters. The van der Waals surface area contributed by atoms with E-state index in [1.807, 2.05) is 43.1 Å². The molecule has 0 aliphatic carbocycles. The van der Waals surface area contributed by atoms with Gasteiger partial charge < -0.3 is 19.7 Å². The maximum atomic E-state index is 13.3. The number of halogens is 1. The van der Waals surface area contributed by atoms with Crippen molar-refractivity contribution in [1.82, 2.24) is 24.5 Å². The average molecular weight is 582 g/mol. The Morgan fingerprint density at radius 3 is 2.74 bits per heavy atom. The lowest BCUT2D eigenvalue weighted by Gasteiger charge is -2.33. The van der Waals surface area contributed by atoms with Gasteiger partial charge >= 0.3 is 0 Å². The first-order valence-corrected chi connectivity index (χ1v) is 13.6. The number of ether oxygens (including phenoxy) is 2. The molecule has 3 aromatic heterocycles. The zero-order valence-electron chi connectivity index (χ0n) is 21.9. The van der Waals surface area contributed by atoms with Crippen molar-refractivity contribution in [2.75, 3.05) is 32.3 Å². The zero-order chi connectivity index (χ0) is 26.9. The van der Waals surface area contributed by atoms with Crippen LogP contribution >= 0.6 is 15.9 Å². The van der Waals surface area contributed by atoms with Crippen molar-refractivity contribution in [3.63, 3.8) is 0 Å². The van der Waals surface area contributed by atoms with Gasteiger partial charge in [0.05, 0.1) is 16.4 Å². The number of hydrogen-bond acceptors (Lipinski definition) is 7. The van der Waals surface area contributed by atoms with Crippen molar-refractivity contribution in [1.29, 1.82) is 0 Å². The molecule has 1 aliphatic rings. The number of rotatable bonds is 8. The lowest BCUT2D eigenvalue weighted by atomic mass is 9.94. The predicted molar refractivity (Wildman–Crippen MR) is 150 cm³/mol. The molecule has 5 rings (SSSR count). The van der Waals surface area contributed by atoms with Gasteiger partial charge in [0.25, 0.3) is 5.91 Å². The molecule has 10 heteroatoms. The molecular weight excluding hydrogens is 548 g/mol. The summed E-state index contributed by atoms with van der Waals surface area (Å²) in [6.45, 7) is 6.12. The van der Waals surface area contributed by atoms with Crippen molar-refractivity contribution >= 4 is 33.3 Å². The summed E-state index contributed by atoms with van der Waals surface area (Å²) in [5.74, 6) is 1.65. The SMILES string of the molecule is CC.COCOc1ccc(C(=O)N2CCCC(c3cc(NCc4cccnc4)n4ncc(Br)c4n3)C2)cc1. The number of amides is 1. The molecule has 38 heavy (non-hydrogen) atoms. The summed E-state index contributed by atoms with van der Waals surface area (Å²) in [4.78, 5) is 24.3.